The molecule has 0 spiro atoms. The fourth-order valence-corrected chi connectivity index (χ4v) is 4.28. The van der Waals surface area contributed by atoms with E-state index in [9.17, 15) is 0 Å². The van der Waals surface area contributed by atoms with Crippen molar-refractivity contribution >= 4 is 10.4 Å². The van der Waals surface area contributed by atoms with Crippen molar-refractivity contribution < 1.29 is 17.5 Å². The van der Waals surface area contributed by atoms with Gasteiger partial charge in [-0.3, -0.25) is 9.11 Å². The summed E-state index contributed by atoms with van der Waals surface area (Å²) in [6.07, 6.45) is 24.4. The van der Waals surface area contributed by atoms with Gasteiger partial charge in [-0.25, -0.2) is 0 Å². The molecule has 2 N–H and O–H groups in total. The van der Waals surface area contributed by atoms with Gasteiger partial charge in [-0.05, 0) is 26.1 Å². The molecule has 0 aliphatic rings. The predicted molar refractivity (Wildman–Crippen MR) is 141 cm³/mol. The van der Waals surface area contributed by atoms with Gasteiger partial charge in [0, 0.05) is 6.04 Å². The Labute approximate surface area is 204 Å². The molecule has 0 aromatic heterocycles. The number of nitrogens with zero attached hydrogens (tertiary/aromatic N) is 1. The van der Waals surface area contributed by atoms with Gasteiger partial charge in [-0.1, -0.05) is 140 Å². The third-order valence-corrected chi connectivity index (χ3v) is 6.14. The summed E-state index contributed by atoms with van der Waals surface area (Å²) in [5.41, 5.74) is 1.47. The highest BCUT2D eigenvalue weighted by atomic mass is 32.3. The maximum absolute atomic E-state index is 8.74. The van der Waals surface area contributed by atoms with Crippen molar-refractivity contribution in [3.05, 3.63) is 35.9 Å². The van der Waals surface area contributed by atoms with Crippen LogP contribution in [0.1, 0.15) is 128 Å². The van der Waals surface area contributed by atoms with Crippen LogP contribution in [0.2, 0.25) is 0 Å². The Morgan fingerprint density at radius 1 is 0.667 bits per heavy atom. The van der Waals surface area contributed by atoms with E-state index in [1.54, 1.807) is 0 Å². The van der Waals surface area contributed by atoms with Gasteiger partial charge in [0.2, 0.25) is 0 Å². The van der Waals surface area contributed by atoms with E-state index in [0.29, 0.717) is 6.04 Å². The molecule has 1 aromatic rings. The topological polar surface area (TPSA) is 77.8 Å². The molecule has 0 bridgehead atoms. The van der Waals surface area contributed by atoms with Crippen molar-refractivity contribution in [3.8, 4) is 0 Å². The smallest absolute Gasteiger partial charge is 0.302 e. The molecule has 0 aliphatic carbocycles. The minimum Gasteiger partial charge on any atom is -0.302 e. The van der Waals surface area contributed by atoms with Gasteiger partial charge >= 0.3 is 10.4 Å². The van der Waals surface area contributed by atoms with Crippen LogP contribution in [0.25, 0.3) is 0 Å². The molecule has 0 heterocycles. The summed E-state index contributed by atoms with van der Waals surface area (Å²) >= 11 is 0. The summed E-state index contributed by atoms with van der Waals surface area (Å²) in [6.45, 7) is 2.30. The monoisotopic (exact) mass is 485 g/mol. The summed E-state index contributed by atoms with van der Waals surface area (Å²) in [6, 6.07) is 11.6. The first-order valence-electron chi connectivity index (χ1n) is 13.2. The Morgan fingerprint density at radius 2 is 1.00 bits per heavy atom. The van der Waals surface area contributed by atoms with Crippen molar-refractivity contribution in [2.75, 3.05) is 14.1 Å². The molecule has 1 unspecified atom stereocenters. The molecule has 0 saturated heterocycles. The Hall–Kier alpha value is -0.950. The van der Waals surface area contributed by atoms with Crippen LogP contribution >= 0.6 is 0 Å². The van der Waals surface area contributed by atoms with Crippen molar-refractivity contribution in [1.29, 1.82) is 0 Å². The van der Waals surface area contributed by atoms with E-state index in [1.165, 1.54) is 115 Å². The summed E-state index contributed by atoms with van der Waals surface area (Å²) in [5.74, 6) is 0. The first-order valence-corrected chi connectivity index (χ1v) is 14.6. The van der Waals surface area contributed by atoms with Crippen LogP contribution in [0.3, 0.4) is 0 Å². The van der Waals surface area contributed by atoms with Crippen molar-refractivity contribution in [2.24, 2.45) is 0 Å². The lowest BCUT2D eigenvalue weighted by molar-refractivity contribution is 0.276. The normalized spacial score (nSPS) is 12.4. The number of unbranched alkanes of at least 4 members (excludes halogenated alkanes) is 15. The maximum atomic E-state index is 8.74. The van der Waals surface area contributed by atoms with Gasteiger partial charge in [0.1, 0.15) is 0 Å². The van der Waals surface area contributed by atoms with E-state index in [1.807, 2.05) is 0 Å². The Balaban J connectivity index is 0.00000184. The minimum absolute atomic E-state index is 0.577. The second kappa shape index (κ2) is 21.6. The van der Waals surface area contributed by atoms with Crippen LogP contribution in [-0.4, -0.2) is 36.5 Å². The van der Waals surface area contributed by atoms with Gasteiger partial charge in [-0.15, -0.1) is 0 Å². The van der Waals surface area contributed by atoms with E-state index in [-0.39, 0.29) is 0 Å². The number of rotatable bonds is 19. The molecule has 1 aromatic carbocycles. The quantitative estimate of drug-likeness (QED) is 0.152. The van der Waals surface area contributed by atoms with Gasteiger partial charge in [0.05, 0.1) is 0 Å². The summed E-state index contributed by atoms with van der Waals surface area (Å²) < 4.78 is 31.6. The zero-order chi connectivity index (χ0) is 24.8. The Bertz CT molecular complexity index is 627. The lowest BCUT2D eigenvalue weighted by atomic mass is 9.98. The lowest BCUT2D eigenvalue weighted by Gasteiger charge is -2.24. The fraction of sp³-hybridized carbons (Fsp3) is 0.778. The van der Waals surface area contributed by atoms with Gasteiger partial charge in [-0.2, -0.15) is 8.42 Å². The van der Waals surface area contributed by atoms with Gasteiger partial charge in [0.25, 0.3) is 0 Å². The fourth-order valence-electron chi connectivity index (χ4n) is 4.28. The molecular formula is C27H51NO4S. The summed E-state index contributed by atoms with van der Waals surface area (Å²) in [4.78, 5) is 2.38. The van der Waals surface area contributed by atoms with Crippen molar-refractivity contribution in [3.63, 3.8) is 0 Å². The summed E-state index contributed by atoms with van der Waals surface area (Å²) in [5, 5.41) is 0. The SMILES string of the molecule is CCCCCCCCCCCCCCCCCCC(c1ccccc1)N(C)C.O=S(=O)(O)O. The van der Waals surface area contributed by atoms with Gasteiger partial charge < -0.3 is 4.90 Å². The minimum atomic E-state index is -4.67. The van der Waals surface area contributed by atoms with Crippen LogP contribution in [0, 0.1) is 0 Å². The van der Waals surface area contributed by atoms with Crippen LogP contribution in [0.5, 0.6) is 0 Å². The number of benzene rings is 1. The highest BCUT2D eigenvalue weighted by Gasteiger charge is 2.12. The molecule has 5 nitrogen and oxygen atoms in total. The zero-order valence-corrected chi connectivity index (χ0v) is 22.4. The molecule has 0 aliphatic heterocycles. The molecule has 1 rings (SSSR count). The third kappa shape index (κ3) is 24.0. The van der Waals surface area contributed by atoms with Crippen LogP contribution in [0.4, 0.5) is 0 Å². The number of hydrogen-bond acceptors (Lipinski definition) is 3. The standard InChI is InChI=1S/C27H49N.H2O4S/c1-4-5-6-7-8-9-10-11-12-13-14-15-16-17-18-22-25-27(28(2)3)26-23-20-19-21-24-26;1-5(2,3)4/h19-21,23-24,27H,4-18,22,25H2,1-3H3;(H2,1,2,3,4). The van der Waals surface area contributed by atoms with E-state index < -0.39 is 10.4 Å². The molecule has 194 valence electrons. The van der Waals surface area contributed by atoms with E-state index in [0.717, 1.165) is 0 Å². The van der Waals surface area contributed by atoms with Crippen LogP contribution < -0.4 is 0 Å². The molecule has 1 atom stereocenters. The third-order valence-electron chi connectivity index (χ3n) is 6.14. The second-order valence-electron chi connectivity index (χ2n) is 9.43. The molecule has 6 heteroatoms. The van der Waals surface area contributed by atoms with E-state index in [2.05, 4.69) is 56.3 Å². The predicted octanol–water partition coefficient (Wildman–Crippen LogP) is 8.29. The first-order chi connectivity index (χ1) is 15.8. The average molecular weight is 486 g/mol. The molecular weight excluding hydrogens is 434 g/mol. The van der Waals surface area contributed by atoms with Crippen LogP contribution in [-0.2, 0) is 10.4 Å². The zero-order valence-electron chi connectivity index (χ0n) is 21.6. The highest BCUT2D eigenvalue weighted by Crippen LogP contribution is 2.24. The van der Waals surface area contributed by atoms with Crippen molar-refractivity contribution in [1.82, 2.24) is 4.90 Å². The molecule has 0 amide bonds. The number of hydrogen-bond donors (Lipinski definition) is 2. The molecule has 0 radical (unpaired) electrons. The molecule has 0 fully saturated rings. The van der Waals surface area contributed by atoms with E-state index >= 15 is 0 Å². The molecule has 0 saturated carbocycles. The Morgan fingerprint density at radius 3 is 1.33 bits per heavy atom. The van der Waals surface area contributed by atoms with E-state index in [4.69, 9.17) is 17.5 Å². The summed E-state index contributed by atoms with van der Waals surface area (Å²) in [7, 11) is -0.242. The van der Waals surface area contributed by atoms with Gasteiger partial charge in [0.15, 0.2) is 0 Å². The maximum Gasteiger partial charge on any atom is 0.394 e. The Kier molecular flexibility index (Phi) is 21.0. The average Bonchev–Trinajstić information content (AvgIpc) is 2.75. The molecule has 33 heavy (non-hydrogen) atoms. The first kappa shape index (κ1) is 32.0. The largest absolute Gasteiger partial charge is 0.394 e. The lowest BCUT2D eigenvalue weighted by Crippen LogP contribution is -2.19. The highest BCUT2D eigenvalue weighted by molar-refractivity contribution is 7.79. The van der Waals surface area contributed by atoms with Crippen LogP contribution in [0.15, 0.2) is 30.3 Å². The second-order valence-corrected chi connectivity index (χ2v) is 10.3. The van der Waals surface area contributed by atoms with Crippen molar-refractivity contribution in [2.45, 2.75) is 122 Å².